The summed E-state index contributed by atoms with van der Waals surface area (Å²) in [6.07, 6.45) is -0.895. The lowest BCUT2D eigenvalue weighted by molar-refractivity contribution is 0.122. The Balaban J connectivity index is 1.82. The lowest BCUT2D eigenvalue weighted by Crippen LogP contribution is -2.36. The van der Waals surface area contributed by atoms with Gasteiger partial charge in [-0.1, -0.05) is 0 Å². The first-order valence-corrected chi connectivity index (χ1v) is 6.58. The molecule has 2 fully saturated rings. The van der Waals surface area contributed by atoms with Crippen LogP contribution in [0.3, 0.4) is 0 Å². The first-order chi connectivity index (χ1) is 9.65. The van der Waals surface area contributed by atoms with Crippen molar-refractivity contribution in [3.05, 3.63) is 30.9 Å². The topological polar surface area (TPSA) is 42.0 Å². The SMILES string of the molecule is [CH2][C@@H]1CN(c2ccc(N3CCOCC3)c(F)c2)C(=O)O1. The molecule has 1 aromatic carbocycles. The third-order valence-electron chi connectivity index (χ3n) is 3.47. The van der Waals surface area contributed by atoms with Gasteiger partial charge < -0.3 is 14.4 Å². The number of nitrogens with zero attached hydrogens (tertiary/aromatic N) is 2. The Morgan fingerprint density at radius 1 is 1.30 bits per heavy atom. The molecule has 0 saturated carbocycles. The fourth-order valence-electron chi connectivity index (χ4n) is 2.46. The molecule has 1 amide bonds. The van der Waals surface area contributed by atoms with E-state index in [1.807, 2.05) is 4.90 Å². The number of amides is 1. The Morgan fingerprint density at radius 2 is 2.05 bits per heavy atom. The predicted molar refractivity (Wildman–Crippen MR) is 72.4 cm³/mol. The zero-order valence-electron chi connectivity index (χ0n) is 11.0. The minimum atomic E-state index is -0.483. The Kier molecular flexibility index (Phi) is 3.48. The van der Waals surface area contributed by atoms with Crippen molar-refractivity contribution in [3.63, 3.8) is 0 Å². The fraction of sp³-hybridized carbons (Fsp3) is 0.429. The van der Waals surface area contributed by atoms with E-state index < -0.39 is 12.2 Å². The van der Waals surface area contributed by atoms with Crippen LogP contribution in [0.1, 0.15) is 0 Å². The molecule has 5 nitrogen and oxygen atoms in total. The standard InChI is InChI=1S/C14H16FN2O3/c1-10-9-17(14(18)20-10)11-2-3-13(12(15)8-11)16-4-6-19-7-5-16/h2-3,8,10H,1,4-7,9H2/t10-/m1/s1. The highest BCUT2D eigenvalue weighted by molar-refractivity contribution is 5.90. The van der Waals surface area contributed by atoms with Crippen molar-refractivity contribution in [2.75, 3.05) is 42.6 Å². The maximum Gasteiger partial charge on any atom is 0.414 e. The molecule has 0 spiro atoms. The lowest BCUT2D eigenvalue weighted by atomic mass is 10.2. The van der Waals surface area contributed by atoms with Gasteiger partial charge in [-0.3, -0.25) is 4.90 Å². The summed E-state index contributed by atoms with van der Waals surface area (Å²) in [5.41, 5.74) is 1.03. The molecule has 6 heteroatoms. The molecule has 2 aliphatic heterocycles. The Bertz CT molecular complexity index is 517. The fourth-order valence-corrected chi connectivity index (χ4v) is 2.46. The van der Waals surface area contributed by atoms with E-state index in [1.54, 1.807) is 12.1 Å². The van der Waals surface area contributed by atoms with Crippen molar-refractivity contribution in [2.24, 2.45) is 0 Å². The molecule has 1 aromatic rings. The Hall–Kier alpha value is -1.82. The molecule has 20 heavy (non-hydrogen) atoms. The van der Waals surface area contributed by atoms with Crippen LogP contribution >= 0.6 is 0 Å². The van der Waals surface area contributed by atoms with Crippen molar-refractivity contribution in [1.82, 2.24) is 0 Å². The van der Waals surface area contributed by atoms with Crippen molar-refractivity contribution in [2.45, 2.75) is 6.10 Å². The largest absolute Gasteiger partial charge is 0.444 e. The van der Waals surface area contributed by atoms with Crippen molar-refractivity contribution < 1.29 is 18.7 Å². The number of cyclic esters (lactones) is 1. The van der Waals surface area contributed by atoms with Gasteiger partial charge in [0.2, 0.25) is 0 Å². The van der Waals surface area contributed by atoms with Crippen LogP contribution in [0.5, 0.6) is 0 Å². The van der Waals surface area contributed by atoms with E-state index in [1.165, 1.54) is 11.0 Å². The van der Waals surface area contributed by atoms with Gasteiger partial charge in [-0.25, -0.2) is 9.18 Å². The molecule has 2 heterocycles. The van der Waals surface area contributed by atoms with E-state index in [-0.39, 0.29) is 5.82 Å². The van der Waals surface area contributed by atoms with E-state index >= 15 is 0 Å². The monoisotopic (exact) mass is 279 g/mol. The quantitative estimate of drug-likeness (QED) is 0.828. The molecule has 3 rings (SSSR count). The van der Waals surface area contributed by atoms with Crippen molar-refractivity contribution in [3.8, 4) is 0 Å². The molecule has 0 N–H and O–H groups in total. The highest BCUT2D eigenvalue weighted by atomic mass is 19.1. The number of hydrogen-bond acceptors (Lipinski definition) is 4. The summed E-state index contributed by atoms with van der Waals surface area (Å²) in [5.74, 6) is -0.343. The number of hydrogen-bond donors (Lipinski definition) is 0. The van der Waals surface area contributed by atoms with Gasteiger partial charge in [0.1, 0.15) is 11.9 Å². The molecule has 0 unspecified atom stereocenters. The number of halogens is 1. The van der Waals surface area contributed by atoms with Crippen LogP contribution in [0, 0.1) is 12.7 Å². The summed E-state index contributed by atoms with van der Waals surface area (Å²) < 4.78 is 24.4. The molecule has 0 aromatic heterocycles. The van der Waals surface area contributed by atoms with Crippen molar-refractivity contribution in [1.29, 1.82) is 0 Å². The first-order valence-electron chi connectivity index (χ1n) is 6.58. The van der Waals surface area contributed by atoms with Crippen LogP contribution in [0.25, 0.3) is 0 Å². The molecule has 1 radical (unpaired) electrons. The maximum absolute atomic E-state index is 14.2. The number of carbonyl (C=O) groups excluding carboxylic acids is 1. The number of morpholine rings is 1. The van der Waals surface area contributed by atoms with Gasteiger partial charge in [-0.2, -0.15) is 0 Å². The molecule has 2 aliphatic rings. The molecule has 1 atom stereocenters. The molecular weight excluding hydrogens is 263 g/mol. The van der Waals surface area contributed by atoms with Gasteiger partial charge in [0.05, 0.1) is 31.1 Å². The van der Waals surface area contributed by atoms with E-state index in [0.29, 0.717) is 44.2 Å². The zero-order valence-corrected chi connectivity index (χ0v) is 11.0. The highest BCUT2D eigenvalue weighted by Crippen LogP contribution is 2.28. The smallest absolute Gasteiger partial charge is 0.414 e. The first kappa shape index (κ1) is 13.2. The van der Waals surface area contributed by atoms with Crippen LogP contribution in [-0.2, 0) is 9.47 Å². The van der Waals surface area contributed by atoms with Crippen molar-refractivity contribution >= 4 is 17.5 Å². The van der Waals surface area contributed by atoms with E-state index in [9.17, 15) is 9.18 Å². The van der Waals surface area contributed by atoms with Gasteiger partial charge in [0, 0.05) is 13.1 Å². The summed E-state index contributed by atoms with van der Waals surface area (Å²) in [5, 5.41) is 0. The van der Waals surface area contributed by atoms with Gasteiger partial charge in [-0.05, 0) is 25.1 Å². The number of rotatable bonds is 2. The van der Waals surface area contributed by atoms with Crippen LogP contribution in [0.15, 0.2) is 18.2 Å². The van der Waals surface area contributed by atoms with Crippen LogP contribution in [0.4, 0.5) is 20.6 Å². The normalized spacial score (nSPS) is 23.1. The average molecular weight is 279 g/mol. The molecular formula is C14H16FN2O3. The minimum absolute atomic E-state index is 0.342. The Morgan fingerprint density at radius 3 is 2.65 bits per heavy atom. The van der Waals surface area contributed by atoms with E-state index in [2.05, 4.69) is 6.92 Å². The molecule has 107 valence electrons. The third-order valence-corrected chi connectivity index (χ3v) is 3.47. The molecule has 2 saturated heterocycles. The number of ether oxygens (including phenoxy) is 2. The average Bonchev–Trinajstić information content (AvgIpc) is 2.78. The highest BCUT2D eigenvalue weighted by Gasteiger charge is 2.30. The second-order valence-corrected chi connectivity index (χ2v) is 4.85. The van der Waals surface area contributed by atoms with Gasteiger partial charge >= 0.3 is 6.09 Å². The number of benzene rings is 1. The summed E-state index contributed by atoms with van der Waals surface area (Å²) >= 11 is 0. The summed E-state index contributed by atoms with van der Waals surface area (Å²) in [6.45, 7) is 6.56. The van der Waals surface area contributed by atoms with E-state index in [0.717, 1.165) is 0 Å². The predicted octanol–water partition coefficient (Wildman–Crippen LogP) is 1.82. The number of carbonyl (C=O) groups is 1. The third kappa shape index (κ3) is 2.43. The molecule has 0 bridgehead atoms. The van der Waals surface area contributed by atoms with Crippen LogP contribution in [-0.4, -0.2) is 45.0 Å². The van der Waals surface area contributed by atoms with Crippen LogP contribution < -0.4 is 9.80 Å². The Labute approximate surface area is 116 Å². The summed E-state index contributed by atoms with van der Waals surface area (Å²) in [6, 6.07) is 4.79. The second kappa shape index (κ2) is 5.28. The summed E-state index contributed by atoms with van der Waals surface area (Å²) in [4.78, 5) is 14.9. The lowest BCUT2D eigenvalue weighted by Gasteiger charge is -2.29. The zero-order chi connectivity index (χ0) is 14.1. The second-order valence-electron chi connectivity index (χ2n) is 4.85. The maximum atomic E-state index is 14.2. The van der Waals surface area contributed by atoms with Gasteiger partial charge in [0.15, 0.2) is 0 Å². The van der Waals surface area contributed by atoms with E-state index in [4.69, 9.17) is 9.47 Å². The number of anilines is 2. The van der Waals surface area contributed by atoms with Gasteiger partial charge in [-0.15, -0.1) is 0 Å². The van der Waals surface area contributed by atoms with Crippen LogP contribution in [0.2, 0.25) is 0 Å². The van der Waals surface area contributed by atoms with Gasteiger partial charge in [0.25, 0.3) is 0 Å². The summed E-state index contributed by atoms with van der Waals surface area (Å²) in [7, 11) is 0. The minimum Gasteiger partial charge on any atom is -0.444 e. The molecule has 0 aliphatic carbocycles.